The van der Waals surface area contributed by atoms with E-state index in [1.807, 2.05) is 19.1 Å². The van der Waals surface area contributed by atoms with E-state index in [0.29, 0.717) is 27.8 Å². The second kappa shape index (κ2) is 12.0. The number of hydrogen-bond donors (Lipinski definition) is 0. The number of rotatable bonds is 6. The van der Waals surface area contributed by atoms with Crippen LogP contribution in [0.5, 0.6) is 5.75 Å². The fraction of sp³-hybridized carbons (Fsp3) is 0.379. The Morgan fingerprint density at radius 2 is 1.51 bits per heavy atom. The Bertz CT molecular complexity index is 1310. The fourth-order valence-corrected chi connectivity index (χ4v) is 3.57. The summed E-state index contributed by atoms with van der Waals surface area (Å²) < 4.78 is 32.5. The van der Waals surface area contributed by atoms with Crippen LogP contribution in [-0.4, -0.2) is 33.4 Å². The zero-order chi connectivity index (χ0) is 29.0. The Balaban J connectivity index is 1.90. The smallest absolute Gasteiger partial charge is 0.425 e. The standard InChI is InChI=1S/C29H33ClFN3O5/c1-18-21(15-32-16-23(18)37-17-19-8-10-22(30)11-9-19)14-20-12-13-33-25(24(20)31)34(26(35)38-28(2,3)4)27(36)39-29(5,6)7/h8-13,15-16H,14,17H2,1-7H3. The Hall–Kier alpha value is -3.72. The molecule has 0 aliphatic heterocycles. The Morgan fingerprint density at radius 3 is 2.08 bits per heavy atom. The van der Waals surface area contributed by atoms with Crippen LogP contribution in [0.3, 0.4) is 0 Å². The molecule has 0 N–H and O–H groups in total. The van der Waals surface area contributed by atoms with Gasteiger partial charge in [-0.15, -0.1) is 0 Å². The number of nitrogens with zero attached hydrogens (tertiary/aromatic N) is 3. The third-order valence-corrected chi connectivity index (χ3v) is 5.53. The highest BCUT2D eigenvalue weighted by atomic mass is 35.5. The molecular weight excluding hydrogens is 525 g/mol. The summed E-state index contributed by atoms with van der Waals surface area (Å²) in [6.45, 7) is 12.0. The van der Waals surface area contributed by atoms with Crippen molar-refractivity contribution in [3.8, 4) is 5.75 Å². The highest BCUT2D eigenvalue weighted by molar-refractivity contribution is 6.30. The van der Waals surface area contributed by atoms with E-state index in [0.717, 1.165) is 11.1 Å². The molecule has 0 saturated carbocycles. The van der Waals surface area contributed by atoms with Gasteiger partial charge in [0.05, 0.1) is 6.20 Å². The van der Waals surface area contributed by atoms with Crippen molar-refractivity contribution in [1.29, 1.82) is 0 Å². The zero-order valence-corrected chi connectivity index (χ0v) is 23.9. The lowest BCUT2D eigenvalue weighted by Gasteiger charge is -2.28. The summed E-state index contributed by atoms with van der Waals surface area (Å²) in [6, 6.07) is 8.77. The van der Waals surface area contributed by atoms with E-state index in [4.69, 9.17) is 25.8 Å². The molecular formula is C29H33ClFN3O5. The van der Waals surface area contributed by atoms with E-state index in [2.05, 4.69) is 9.97 Å². The largest absolute Gasteiger partial charge is 0.487 e. The van der Waals surface area contributed by atoms with Gasteiger partial charge in [-0.05, 0) is 88.9 Å². The predicted molar refractivity (Wildman–Crippen MR) is 147 cm³/mol. The SMILES string of the molecule is Cc1c(Cc2ccnc(N(C(=O)OC(C)(C)C)C(=O)OC(C)(C)C)c2F)cncc1OCc1ccc(Cl)cc1. The molecule has 0 aliphatic carbocycles. The number of carbonyl (C=O) groups is 2. The summed E-state index contributed by atoms with van der Waals surface area (Å²) >= 11 is 5.95. The molecule has 0 unspecified atom stereocenters. The summed E-state index contributed by atoms with van der Waals surface area (Å²) in [5, 5.41) is 0.634. The van der Waals surface area contributed by atoms with Crippen molar-refractivity contribution in [3.63, 3.8) is 0 Å². The second-order valence-electron chi connectivity index (χ2n) is 10.9. The topological polar surface area (TPSA) is 90.9 Å². The molecule has 2 aromatic heterocycles. The lowest BCUT2D eigenvalue weighted by atomic mass is 10.0. The summed E-state index contributed by atoms with van der Waals surface area (Å²) in [7, 11) is 0. The van der Waals surface area contributed by atoms with Crippen molar-refractivity contribution in [2.75, 3.05) is 4.90 Å². The Morgan fingerprint density at radius 1 is 0.923 bits per heavy atom. The number of hydrogen-bond acceptors (Lipinski definition) is 7. The van der Waals surface area contributed by atoms with Crippen LogP contribution in [0, 0.1) is 12.7 Å². The van der Waals surface area contributed by atoms with Crippen LogP contribution in [0.4, 0.5) is 19.8 Å². The average Bonchev–Trinajstić information content (AvgIpc) is 2.81. The molecule has 2 heterocycles. The minimum Gasteiger partial charge on any atom is -0.487 e. The summed E-state index contributed by atoms with van der Waals surface area (Å²) in [5.41, 5.74) is 0.699. The molecule has 0 bridgehead atoms. The predicted octanol–water partition coefficient (Wildman–Crippen LogP) is 7.42. The number of benzene rings is 1. The number of halogens is 2. The molecule has 10 heteroatoms. The number of ether oxygens (including phenoxy) is 3. The molecule has 8 nitrogen and oxygen atoms in total. The van der Waals surface area contributed by atoms with E-state index in [-0.39, 0.29) is 12.0 Å². The van der Waals surface area contributed by atoms with Gasteiger partial charge in [-0.2, -0.15) is 4.90 Å². The lowest BCUT2D eigenvalue weighted by Crippen LogP contribution is -2.44. The first kappa shape index (κ1) is 29.8. The molecule has 3 aromatic rings. The molecule has 208 valence electrons. The van der Waals surface area contributed by atoms with Gasteiger partial charge in [0, 0.05) is 23.8 Å². The normalized spacial score (nSPS) is 11.6. The van der Waals surface area contributed by atoms with Gasteiger partial charge in [0.15, 0.2) is 11.6 Å². The highest BCUT2D eigenvalue weighted by Crippen LogP contribution is 2.28. The number of carbonyl (C=O) groups excluding carboxylic acids is 2. The molecule has 0 saturated heterocycles. The van der Waals surface area contributed by atoms with Crippen molar-refractivity contribution in [2.24, 2.45) is 0 Å². The van der Waals surface area contributed by atoms with E-state index in [9.17, 15) is 9.59 Å². The van der Waals surface area contributed by atoms with Gasteiger partial charge in [-0.25, -0.2) is 19.0 Å². The van der Waals surface area contributed by atoms with Crippen LogP contribution in [0.15, 0.2) is 48.9 Å². The molecule has 1 aromatic carbocycles. The van der Waals surface area contributed by atoms with Crippen LogP contribution < -0.4 is 9.64 Å². The zero-order valence-electron chi connectivity index (χ0n) is 23.2. The summed E-state index contributed by atoms with van der Waals surface area (Å²) in [4.78, 5) is 34.7. The van der Waals surface area contributed by atoms with Crippen LogP contribution >= 0.6 is 11.6 Å². The minimum atomic E-state index is -1.10. The van der Waals surface area contributed by atoms with Crippen molar-refractivity contribution in [3.05, 3.63) is 82.0 Å². The van der Waals surface area contributed by atoms with E-state index in [1.165, 1.54) is 12.3 Å². The number of aromatic nitrogens is 2. The van der Waals surface area contributed by atoms with Crippen molar-refractivity contribution < 1.29 is 28.2 Å². The van der Waals surface area contributed by atoms with Crippen LogP contribution in [-0.2, 0) is 22.5 Å². The molecule has 0 fully saturated rings. The first-order valence-electron chi connectivity index (χ1n) is 12.3. The number of pyridine rings is 2. The van der Waals surface area contributed by atoms with Gasteiger partial charge >= 0.3 is 12.2 Å². The van der Waals surface area contributed by atoms with Gasteiger partial charge in [0.2, 0.25) is 0 Å². The molecule has 3 rings (SSSR count). The van der Waals surface area contributed by atoms with Gasteiger partial charge in [0.25, 0.3) is 0 Å². The number of imide groups is 1. The number of amides is 2. The van der Waals surface area contributed by atoms with E-state index >= 15 is 4.39 Å². The third-order valence-electron chi connectivity index (χ3n) is 5.28. The molecule has 0 radical (unpaired) electrons. The molecule has 0 spiro atoms. The first-order valence-corrected chi connectivity index (χ1v) is 12.7. The summed E-state index contributed by atoms with van der Waals surface area (Å²) in [5.74, 6) is -0.834. The summed E-state index contributed by atoms with van der Waals surface area (Å²) in [6.07, 6.45) is 2.43. The maximum Gasteiger partial charge on any atom is 0.425 e. The minimum absolute atomic E-state index is 0.106. The van der Waals surface area contributed by atoms with Crippen LogP contribution in [0.25, 0.3) is 0 Å². The van der Waals surface area contributed by atoms with Crippen LogP contribution in [0.2, 0.25) is 5.02 Å². The quantitative estimate of drug-likeness (QED) is 0.311. The Kier molecular flexibility index (Phi) is 9.17. The van der Waals surface area contributed by atoms with Crippen LogP contribution in [0.1, 0.15) is 63.8 Å². The first-order chi connectivity index (χ1) is 18.1. The maximum atomic E-state index is 15.8. The Labute approximate surface area is 233 Å². The van der Waals surface area contributed by atoms with Gasteiger partial charge in [-0.1, -0.05) is 23.7 Å². The molecule has 39 heavy (non-hydrogen) atoms. The average molecular weight is 558 g/mol. The van der Waals surface area contributed by atoms with Crippen molar-refractivity contribution in [1.82, 2.24) is 9.97 Å². The monoisotopic (exact) mass is 557 g/mol. The van der Waals surface area contributed by atoms with E-state index < -0.39 is 35.0 Å². The molecule has 0 aliphatic rings. The second-order valence-corrected chi connectivity index (χ2v) is 11.4. The lowest BCUT2D eigenvalue weighted by molar-refractivity contribution is 0.0427. The van der Waals surface area contributed by atoms with Crippen molar-refractivity contribution >= 4 is 29.6 Å². The van der Waals surface area contributed by atoms with E-state index in [1.54, 1.807) is 66.1 Å². The van der Waals surface area contributed by atoms with Crippen molar-refractivity contribution in [2.45, 2.75) is 72.7 Å². The molecule has 0 atom stereocenters. The van der Waals surface area contributed by atoms with Gasteiger partial charge in [0.1, 0.15) is 23.6 Å². The highest BCUT2D eigenvalue weighted by Gasteiger charge is 2.36. The number of anilines is 1. The van der Waals surface area contributed by atoms with Gasteiger partial charge < -0.3 is 14.2 Å². The molecule has 2 amide bonds. The van der Waals surface area contributed by atoms with Gasteiger partial charge in [-0.3, -0.25) is 4.98 Å². The third kappa shape index (κ3) is 8.38. The maximum absolute atomic E-state index is 15.8. The fourth-order valence-electron chi connectivity index (χ4n) is 3.44.